The van der Waals surface area contributed by atoms with Gasteiger partial charge in [-0.05, 0) is 38.3 Å². The molecular formula is C15H21NO3S. The predicted molar refractivity (Wildman–Crippen MR) is 79.2 cm³/mol. The van der Waals surface area contributed by atoms with Gasteiger partial charge in [0.15, 0.2) is 0 Å². The highest BCUT2D eigenvalue weighted by atomic mass is 32.1. The van der Waals surface area contributed by atoms with Gasteiger partial charge in [0.05, 0.1) is 10.3 Å². The number of carboxylic acids is 1. The van der Waals surface area contributed by atoms with Crippen LogP contribution in [0.25, 0.3) is 0 Å². The summed E-state index contributed by atoms with van der Waals surface area (Å²) in [5.74, 6) is -0.961. The molecule has 0 aliphatic heterocycles. The van der Waals surface area contributed by atoms with Crippen molar-refractivity contribution < 1.29 is 14.7 Å². The molecule has 1 amide bonds. The van der Waals surface area contributed by atoms with Crippen molar-refractivity contribution in [2.24, 2.45) is 5.41 Å². The van der Waals surface area contributed by atoms with Crippen molar-refractivity contribution in [2.45, 2.75) is 52.0 Å². The number of thiophene rings is 1. The number of hydrogen-bond acceptors (Lipinski definition) is 3. The van der Waals surface area contributed by atoms with E-state index in [1.54, 1.807) is 6.92 Å². The molecule has 1 aromatic heterocycles. The SMILES string of the molecule is CCc1ccc(C(=O)NC2CCCCC2(C)C(=O)O)s1. The summed E-state index contributed by atoms with van der Waals surface area (Å²) in [5, 5.41) is 12.4. The number of aryl methyl sites for hydroxylation is 1. The number of hydrogen-bond donors (Lipinski definition) is 2. The van der Waals surface area contributed by atoms with Gasteiger partial charge in [-0.3, -0.25) is 9.59 Å². The van der Waals surface area contributed by atoms with Crippen LogP contribution in [-0.2, 0) is 11.2 Å². The van der Waals surface area contributed by atoms with Crippen LogP contribution >= 0.6 is 11.3 Å². The average Bonchev–Trinajstić information content (AvgIpc) is 2.90. The maximum absolute atomic E-state index is 12.3. The lowest BCUT2D eigenvalue weighted by atomic mass is 9.71. The highest BCUT2D eigenvalue weighted by Crippen LogP contribution is 2.36. The Morgan fingerprint density at radius 1 is 1.45 bits per heavy atom. The van der Waals surface area contributed by atoms with Gasteiger partial charge in [0, 0.05) is 10.9 Å². The minimum atomic E-state index is -0.848. The molecule has 1 fully saturated rings. The third-order valence-electron chi connectivity index (χ3n) is 4.24. The largest absolute Gasteiger partial charge is 0.481 e. The maximum atomic E-state index is 12.3. The molecule has 1 aliphatic rings. The van der Waals surface area contributed by atoms with Crippen molar-refractivity contribution in [2.75, 3.05) is 0 Å². The Morgan fingerprint density at radius 2 is 2.20 bits per heavy atom. The lowest BCUT2D eigenvalue weighted by Crippen LogP contribution is -2.52. The zero-order chi connectivity index (χ0) is 14.8. The Bertz CT molecular complexity index is 511. The first-order chi connectivity index (χ1) is 9.47. The molecule has 110 valence electrons. The summed E-state index contributed by atoms with van der Waals surface area (Å²) in [5.41, 5.74) is -0.848. The molecular weight excluding hydrogens is 274 g/mol. The second-order valence-electron chi connectivity index (χ2n) is 5.61. The molecule has 2 N–H and O–H groups in total. The predicted octanol–water partition coefficient (Wildman–Crippen LogP) is 3.07. The van der Waals surface area contributed by atoms with Gasteiger partial charge in [-0.2, -0.15) is 0 Å². The van der Waals surface area contributed by atoms with Crippen LogP contribution in [0.2, 0.25) is 0 Å². The van der Waals surface area contributed by atoms with E-state index in [4.69, 9.17) is 0 Å². The number of carboxylic acid groups (broad SMARTS) is 1. The van der Waals surface area contributed by atoms with Gasteiger partial charge in [-0.15, -0.1) is 11.3 Å². The van der Waals surface area contributed by atoms with Crippen LogP contribution in [0.1, 0.15) is 54.1 Å². The molecule has 2 atom stereocenters. The summed E-state index contributed by atoms with van der Waals surface area (Å²) in [6.45, 7) is 3.79. The van der Waals surface area contributed by atoms with E-state index in [1.807, 2.05) is 12.1 Å². The molecule has 0 bridgehead atoms. The van der Waals surface area contributed by atoms with E-state index >= 15 is 0 Å². The molecule has 1 saturated carbocycles. The fraction of sp³-hybridized carbons (Fsp3) is 0.600. The molecule has 1 aromatic rings. The third kappa shape index (κ3) is 2.87. The minimum absolute atomic E-state index is 0.144. The molecule has 0 saturated heterocycles. The summed E-state index contributed by atoms with van der Waals surface area (Å²) in [6.07, 6.45) is 4.15. The minimum Gasteiger partial charge on any atom is -0.481 e. The molecule has 5 heteroatoms. The highest BCUT2D eigenvalue weighted by Gasteiger charge is 2.43. The lowest BCUT2D eigenvalue weighted by Gasteiger charge is -2.38. The van der Waals surface area contributed by atoms with Gasteiger partial charge in [0.25, 0.3) is 5.91 Å². The van der Waals surface area contributed by atoms with Crippen molar-refractivity contribution in [1.29, 1.82) is 0 Å². The monoisotopic (exact) mass is 295 g/mol. The highest BCUT2D eigenvalue weighted by molar-refractivity contribution is 7.14. The van der Waals surface area contributed by atoms with Gasteiger partial charge >= 0.3 is 5.97 Å². The zero-order valence-corrected chi connectivity index (χ0v) is 12.8. The average molecular weight is 295 g/mol. The standard InChI is InChI=1S/C15H21NO3S/c1-3-10-7-8-11(20-10)13(17)16-12-6-4-5-9-15(12,2)14(18)19/h7-8,12H,3-6,9H2,1-2H3,(H,16,17)(H,18,19). The Hall–Kier alpha value is -1.36. The fourth-order valence-corrected chi connectivity index (χ4v) is 3.59. The van der Waals surface area contributed by atoms with E-state index in [1.165, 1.54) is 16.2 Å². The Labute approximate surface area is 123 Å². The normalized spacial score (nSPS) is 26.2. The van der Waals surface area contributed by atoms with Crippen LogP contribution in [0.3, 0.4) is 0 Å². The molecule has 0 spiro atoms. The molecule has 2 rings (SSSR count). The van der Waals surface area contributed by atoms with Crippen LogP contribution in [0.5, 0.6) is 0 Å². The van der Waals surface area contributed by atoms with Gasteiger partial charge in [0.1, 0.15) is 0 Å². The Kier molecular flexibility index (Phi) is 4.48. The first-order valence-corrected chi connectivity index (χ1v) is 7.92. The number of aliphatic carboxylic acids is 1. The number of carbonyl (C=O) groups is 2. The number of rotatable bonds is 4. The van der Waals surface area contributed by atoms with E-state index in [2.05, 4.69) is 12.2 Å². The topological polar surface area (TPSA) is 66.4 Å². The Morgan fingerprint density at radius 3 is 2.80 bits per heavy atom. The van der Waals surface area contributed by atoms with Crippen LogP contribution in [-0.4, -0.2) is 23.0 Å². The second kappa shape index (κ2) is 5.95. The molecule has 20 heavy (non-hydrogen) atoms. The van der Waals surface area contributed by atoms with E-state index in [0.717, 1.165) is 25.7 Å². The van der Waals surface area contributed by atoms with Gasteiger partial charge in [0.2, 0.25) is 0 Å². The summed E-state index contributed by atoms with van der Waals surface area (Å²) in [7, 11) is 0. The summed E-state index contributed by atoms with van der Waals surface area (Å²) in [6, 6.07) is 3.49. The van der Waals surface area contributed by atoms with Gasteiger partial charge < -0.3 is 10.4 Å². The van der Waals surface area contributed by atoms with Crippen LogP contribution in [0.4, 0.5) is 0 Å². The molecule has 1 aliphatic carbocycles. The summed E-state index contributed by atoms with van der Waals surface area (Å²) in [4.78, 5) is 25.6. The van der Waals surface area contributed by atoms with Crippen molar-refractivity contribution >= 4 is 23.2 Å². The van der Waals surface area contributed by atoms with Crippen molar-refractivity contribution in [3.05, 3.63) is 21.9 Å². The third-order valence-corrected chi connectivity index (χ3v) is 5.46. The second-order valence-corrected chi connectivity index (χ2v) is 6.78. The lowest BCUT2D eigenvalue weighted by molar-refractivity contribution is -0.151. The maximum Gasteiger partial charge on any atom is 0.311 e. The Balaban J connectivity index is 2.10. The van der Waals surface area contributed by atoms with E-state index in [9.17, 15) is 14.7 Å². The fourth-order valence-electron chi connectivity index (χ4n) is 2.74. The van der Waals surface area contributed by atoms with E-state index in [0.29, 0.717) is 11.3 Å². The number of amides is 1. The number of carbonyl (C=O) groups excluding carboxylic acids is 1. The van der Waals surface area contributed by atoms with Gasteiger partial charge in [-0.1, -0.05) is 19.8 Å². The smallest absolute Gasteiger partial charge is 0.311 e. The van der Waals surface area contributed by atoms with E-state index in [-0.39, 0.29) is 11.9 Å². The van der Waals surface area contributed by atoms with Crippen molar-refractivity contribution in [1.82, 2.24) is 5.32 Å². The molecule has 0 radical (unpaired) electrons. The molecule has 0 aromatic carbocycles. The molecule has 2 unspecified atom stereocenters. The van der Waals surface area contributed by atoms with Crippen molar-refractivity contribution in [3.63, 3.8) is 0 Å². The summed E-state index contributed by atoms with van der Waals surface area (Å²) >= 11 is 1.48. The first kappa shape index (κ1) is 15.0. The van der Waals surface area contributed by atoms with Crippen molar-refractivity contribution in [3.8, 4) is 0 Å². The first-order valence-electron chi connectivity index (χ1n) is 7.10. The quantitative estimate of drug-likeness (QED) is 0.897. The van der Waals surface area contributed by atoms with E-state index < -0.39 is 11.4 Å². The molecule has 1 heterocycles. The number of nitrogens with one attached hydrogen (secondary N) is 1. The molecule has 4 nitrogen and oxygen atoms in total. The zero-order valence-electron chi connectivity index (χ0n) is 11.9. The summed E-state index contributed by atoms with van der Waals surface area (Å²) < 4.78 is 0. The van der Waals surface area contributed by atoms with Crippen LogP contribution in [0.15, 0.2) is 12.1 Å². The van der Waals surface area contributed by atoms with Crippen LogP contribution < -0.4 is 5.32 Å². The van der Waals surface area contributed by atoms with Gasteiger partial charge in [-0.25, -0.2) is 0 Å². The van der Waals surface area contributed by atoms with Crippen LogP contribution in [0, 0.1) is 5.41 Å².